The van der Waals surface area contributed by atoms with Crippen molar-refractivity contribution in [3.05, 3.63) is 58.1 Å². The number of carbonyl (C=O) groups excluding carboxylic acids is 1. The van der Waals surface area contributed by atoms with Crippen molar-refractivity contribution in [1.82, 2.24) is 4.90 Å². The molecule has 0 atom stereocenters. The number of fused-ring (bicyclic) bond motifs is 1. The lowest BCUT2D eigenvalue weighted by atomic mass is 10.2. The number of amidine groups is 1. The Morgan fingerprint density at radius 1 is 1.16 bits per heavy atom. The Kier molecular flexibility index (Phi) is 4.73. The van der Waals surface area contributed by atoms with Gasteiger partial charge in [-0.25, -0.2) is 0 Å². The third-order valence-electron chi connectivity index (χ3n) is 3.56. The van der Waals surface area contributed by atoms with Gasteiger partial charge >= 0.3 is 0 Å². The zero-order valence-electron chi connectivity index (χ0n) is 13.0. The molecule has 0 fully saturated rings. The second-order valence-electron chi connectivity index (χ2n) is 5.42. The molecule has 2 aromatic rings. The maximum Gasteiger partial charge on any atom is 0.285 e. The molecule has 1 amide bonds. The molecule has 0 unspecified atom stereocenters. The summed E-state index contributed by atoms with van der Waals surface area (Å²) >= 11 is 11.8. The molecule has 0 bridgehead atoms. The van der Waals surface area contributed by atoms with Crippen LogP contribution in [0.25, 0.3) is 0 Å². The number of sulfonamides is 1. The number of nitrogens with zero attached hydrogens (tertiary/aromatic N) is 2. The van der Waals surface area contributed by atoms with Gasteiger partial charge < -0.3 is 10.2 Å². The van der Waals surface area contributed by atoms with Crippen molar-refractivity contribution in [1.29, 1.82) is 0 Å². The zero-order valence-corrected chi connectivity index (χ0v) is 15.4. The van der Waals surface area contributed by atoms with Crippen LogP contribution >= 0.6 is 23.2 Å². The third kappa shape index (κ3) is 3.63. The van der Waals surface area contributed by atoms with Gasteiger partial charge in [-0.15, -0.1) is 4.40 Å². The van der Waals surface area contributed by atoms with Crippen molar-refractivity contribution in [2.75, 3.05) is 18.9 Å². The Bertz CT molecular complexity index is 990. The first-order valence-corrected chi connectivity index (χ1v) is 9.38. The fourth-order valence-corrected chi connectivity index (χ4v) is 3.98. The molecule has 0 radical (unpaired) electrons. The molecule has 0 saturated carbocycles. The molecule has 2 aromatic carbocycles. The van der Waals surface area contributed by atoms with E-state index >= 15 is 0 Å². The highest BCUT2D eigenvalue weighted by Crippen LogP contribution is 2.27. The maximum atomic E-state index is 12.2. The van der Waals surface area contributed by atoms with Gasteiger partial charge in [-0.1, -0.05) is 35.3 Å². The first-order chi connectivity index (χ1) is 11.8. The lowest BCUT2D eigenvalue weighted by Gasteiger charge is -2.18. The normalized spacial score (nSPS) is 14.6. The second-order valence-corrected chi connectivity index (χ2v) is 7.81. The minimum atomic E-state index is -3.72. The van der Waals surface area contributed by atoms with E-state index in [1.54, 1.807) is 37.4 Å². The Hall–Kier alpha value is -2.09. The van der Waals surface area contributed by atoms with Gasteiger partial charge in [0, 0.05) is 18.3 Å². The number of amides is 1. The van der Waals surface area contributed by atoms with Gasteiger partial charge in [0.15, 0.2) is 5.84 Å². The average molecular weight is 398 g/mol. The molecule has 0 saturated heterocycles. The Balaban J connectivity index is 1.75. The van der Waals surface area contributed by atoms with Crippen LogP contribution in [0.2, 0.25) is 10.0 Å². The van der Waals surface area contributed by atoms with Gasteiger partial charge in [0.25, 0.3) is 10.0 Å². The highest BCUT2D eigenvalue weighted by atomic mass is 35.5. The van der Waals surface area contributed by atoms with Crippen molar-refractivity contribution in [3.63, 3.8) is 0 Å². The number of benzene rings is 2. The van der Waals surface area contributed by atoms with E-state index in [9.17, 15) is 13.2 Å². The number of carbonyl (C=O) groups is 1. The fourth-order valence-electron chi connectivity index (χ4n) is 2.43. The van der Waals surface area contributed by atoms with E-state index in [2.05, 4.69) is 9.71 Å². The summed E-state index contributed by atoms with van der Waals surface area (Å²) in [4.78, 5) is 13.8. The second kappa shape index (κ2) is 6.67. The third-order valence-corrected chi connectivity index (χ3v) is 5.62. The van der Waals surface area contributed by atoms with Gasteiger partial charge in [0.05, 0.1) is 16.6 Å². The van der Waals surface area contributed by atoms with E-state index < -0.39 is 10.0 Å². The van der Waals surface area contributed by atoms with E-state index in [0.717, 1.165) is 0 Å². The van der Waals surface area contributed by atoms with E-state index in [1.807, 2.05) is 0 Å². The summed E-state index contributed by atoms with van der Waals surface area (Å²) in [5.74, 6) is -0.106. The summed E-state index contributed by atoms with van der Waals surface area (Å²) < 4.78 is 27.9. The standard InChI is InChI=1S/C16H13Cl2N3O3S/c1-21(9-15(22)19-10-6-7-12(17)13(18)8-10)16-11-4-2-3-5-14(11)25(23,24)20-16/h2-8H,9H2,1H3,(H,19,22). The first-order valence-electron chi connectivity index (χ1n) is 7.18. The molecule has 9 heteroatoms. The predicted octanol–water partition coefficient (Wildman–Crippen LogP) is 3.01. The quantitative estimate of drug-likeness (QED) is 0.862. The highest BCUT2D eigenvalue weighted by molar-refractivity contribution is 7.90. The summed E-state index contributed by atoms with van der Waals surface area (Å²) in [5, 5.41) is 3.40. The van der Waals surface area contributed by atoms with Crippen LogP contribution in [-0.4, -0.2) is 38.7 Å². The number of hydrogen-bond donors (Lipinski definition) is 1. The molecule has 0 aliphatic carbocycles. The predicted molar refractivity (Wildman–Crippen MR) is 97.9 cm³/mol. The molecule has 0 aromatic heterocycles. The lowest BCUT2D eigenvalue weighted by Crippen LogP contribution is -2.34. The molecule has 25 heavy (non-hydrogen) atoms. The molecule has 1 heterocycles. The van der Waals surface area contributed by atoms with E-state index in [0.29, 0.717) is 21.3 Å². The molecule has 1 N–H and O–H groups in total. The summed E-state index contributed by atoms with van der Waals surface area (Å²) in [7, 11) is -2.12. The summed E-state index contributed by atoms with van der Waals surface area (Å²) in [5.41, 5.74) is 0.974. The van der Waals surface area contributed by atoms with Gasteiger partial charge in [0.1, 0.15) is 4.90 Å². The van der Waals surface area contributed by atoms with Crippen LogP contribution in [0.4, 0.5) is 5.69 Å². The number of rotatable bonds is 3. The summed E-state index contributed by atoms with van der Waals surface area (Å²) in [6.07, 6.45) is 0. The molecular weight excluding hydrogens is 385 g/mol. The monoisotopic (exact) mass is 397 g/mol. The van der Waals surface area contributed by atoms with Crippen LogP contribution in [0.15, 0.2) is 51.8 Å². The largest absolute Gasteiger partial charge is 0.349 e. The summed E-state index contributed by atoms with van der Waals surface area (Å²) in [6.45, 7) is -0.0804. The molecule has 6 nitrogen and oxygen atoms in total. The maximum absolute atomic E-state index is 12.2. The van der Waals surface area contributed by atoms with E-state index in [4.69, 9.17) is 23.2 Å². The minimum absolute atomic E-state index is 0.0804. The molecular formula is C16H13Cl2N3O3S. The SMILES string of the molecule is CN(CC(=O)Nc1ccc(Cl)c(Cl)c1)C1=NS(=O)(=O)c2ccccc21. The Morgan fingerprint density at radius 3 is 2.60 bits per heavy atom. The fraction of sp³-hybridized carbons (Fsp3) is 0.125. The van der Waals surface area contributed by atoms with Gasteiger partial charge in [0.2, 0.25) is 5.91 Å². The first kappa shape index (κ1) is 17.7. The molecule has 0 spiro atoms. The van der Waals surface area contributed by atoms with Crippen molar-refractivity contribution in [2.24, 2.45) is 4.40 Å². The van der Waals surface area contributed by atoms with E-state index in [-0.39, 0.29) is 23.2 Å². The smallest absolute Gasteiger partial charge is 0.285 e. The molecule has 1 aliphatic rings. The summed E-state index contributed by atoms with van der Waals surface area (Å²) in [6, 6.07) is 11.2. The zero-order chi connectivity index (χ0) is 18.2. The van der Waals surface area contributed by atoms with Crippen LogP contribution in [0.3, 0.4) is 0 Å². The van der Waals surface area contributed by atoms with Gasteiger partial charge in [-0.2, -0.15) is 8.42 Å². The Morgan fingerprint density at radius 2 is 1.88 bits per heavy atom. The lowest BCUT2D eigenvalue weighted by molar-refractivity contribution is -0.116. The molecule has 130 valence electrons. The minimum Gasteiger partial charge on any atom is -0.349 e. The number of anilines is 1. The van der Waals surface area contributed by atoms with Crippen molar-refractivity contribution >= 4 is 50.7 Å². The molecule has 1 aliphatic heterocycles. The van der Waals surface area contributed by atoms with Gasteiger partial charge in [-0.3, -0.25) is 4.79 Å². The number of hydrogen-bond acceptors (Lipinski definition) is 4. The van der Waals surface area contributed by atoms with Crippen LogP contribution in [-0.2, 0) is 14.8 Å². The van der Waals surface area contributed by atoms with Crippen LogP contribution < -0.4 is 5.32 Å². The number of nitrogens with one attached hydrogen (secondary N) is 1. The number of halogens is 2. The molecule has 3 rings (SSSR count). The van der Waals surface area contributed by atoms with Crippen molar-refractivity contribution in [3.8, 4) is 0 Å². The van der Waals surface area contributed by atoms with Gasteiger partial charge in [-0.05, 0) is 30.3 Å². The van der Waals surface area contributed by atoms with Crippen molar-refractivity contribution in [2.45, 2.75) is 4.90 Å². The van der Waals surface area contributed by atoms with Crippen molar-refractivity contribution < 1.29 is 13.2 Å². The topological polar surface area (TPSA) is 78.8 Å². The average Bonchev–Trinajstić information content (AvgIpc) is 2.83. The highest BCUT2D eigenvalue weighted by Gasteiger charge is 2.30. The number of likely N-dealkylation sites (N-methyl/N-ethyl adjacent to an activating group) is 1. The van der Waals surface area contributed by atoms with Crippen LogP contribution in [0.1, 0.15) is 5.56 Å². The van der Waals surface area contributed by atoms with Crippen LogP contribution in [0, 0.1) is 0 Å². The van der Waals surface area contributed by atoms with E-state index in [1.165, 1.54) is 17.0 Å². The Labute approximate surface area is 155 Å². The van der Waals surface area contributed by atoms with Crippen LogP contribution in [0.5, 0.6) is 0 Å².